The summed E-state index contributed by atoms with van der Waals surface area (Å²) in [6.07, 6.45) is 0. The SMILES string of the molecule is O=C(O)c1[nH]c(=O)[nH]c(=O)c1Nc1ccc([N+](=O)[O-])cc1[N+](=O)[O-]. The predicted molar refractivity (Wildman–Crippen MR) is 77.7 cm³/mol. The van der Waals surface area contributed by atoms with Crippen molar-refractivity contribution in [2.75, 3.05) is 5.32 Å². The van der Waals surface area contributed by atoms with Gasteiger partial charge >= 0.3 is 11.7 Å². The van der Waals surface area contributed by atoms with Gasteiger partial charge in [0.15, 0.2) is 5.69 Å². The normalized spacial score (nSPS) is 10.2. The molecule has 0 fully saturated rings. The van der Waals surface area contributed by atoms with Crippen molar-refractivity contribution in [2.45, 2.75) is 0 Å². The lowest BCUT2D eigenvalue weighted by Gasteiger charge is -2.08. The van der Waals surface area contributed by atoms with E-state index in [0.29, 0.717) is 6.07 Å². The number of hydrogen-bond donors (Lipinski definition) is 4. The maximum atomic E-state index is 11.7. The van der Waals surface area contributed by atoms with Crippen molar-refractivity contribution in [3.05, 3.63) is 65.0 Å². The quantitative estimate of drug-likeness (QED) is 0.437. The van der Waals surface area contributed by atoms with E-state index in [2.05, 4.69) is 5.32 Å². The largest absolute Gasteiger partial charge is 0.477 e. The number of carboxylic acids is 1. The first-order chi connectivity index (χ1) is 11.2. The third kappa shape index (κ3) is 3.08. The van der Waals surface area contributed by atoms with Crippen molar-refractivity contribution in [1.82, 2.24) is 9.97 Å². The lowest BCUT2D eigenvalue weighted by Crippen LogP contribution is -2.28. The minimum absolute atomic E-state index is 0.370. The van der Waals surface area contributed by atoms with E-state index in [1.807, 2.05) is 4.98 Å². The lowest BCUT2D eigenvalue weighted by atomic mass is 10.2. The molecule has 0 atom stereocenters. The van der Waals surface area contributed by atoms with Crippen LogP contribution in [0.4, 0.5) is 22.7 Å². The van der Waals surface area contributed by atoms with E-state index in [4.69, 9.17) is 5.11 Å². The van der Waals surface area contributed by atoms with Gasteiger partial charge in [0.05, 0.1) is 15.9 Å². The van der Waals surface area contributed by atoms with Crippen LogP contribution in [0.5, 0.6) is 0 Å². The molecule has 0 saturated heterocycles. The number of nitrogens with zero attached hydrogens (tertiary/aromatic N) is 2. The molecular weight excluding hydrogens is 330 g/mol. The monoisotopic (exact) mass is 337 g/mol. The van der Waals surface area contributed by atoms with E-state index >= 15 is 0 Å². The Kier molecular flexibility index (Phi) is 4.08. The molecular formula is C11H7N5O8. The summed E-state index contributed by atoms with van der Waals surface area (Å²) in [5, 5.41) is 32.9. The smallest absolute Gasteiger partial charge is 0.354 e. The minimum atomic E-state index is -1.66. The number of nitro groups is 2. The fourth-order valence-corrected chi connectivity index (χ4v) is 1.79. The molecule has 13 heteroatoms. The molecule has 13 nitrogen and oxygen atoms in total. The lowest BCUT2D eigenvalue weighted by molar-refractivity contribution is -0.393. The number of nitrogens with one attached hydrogen (secondary N) is 3. The number of nitro benzene ring substituents is 2. The number of carboxylic acid groups (broad SMARTS) is 1. The summed E-state index contributed by atoms with van der Waals surface area (Å²) in [6.45, 7) is 0. The number of hydrogen-bond acceptors (Lipinski definition) is 8. The molecule has 0 aliphatic heterocycles. The summed E-state index contributed by atoms with van der Waals surface area (Å²) in [7, 11) is 0. The molecule has 0 bridgehead atoms. The van der Waals surface area contributed by atoms with E-state index in [1.54, 1.807) is 4.98 Å². The Morgan fingerprint density at radius 1 is 1.12 bits per heavy atom. The molecule has 0 amide bonds. The summed E-state index contributed by atoms with van der Waals surface area (Å²) < 4.78 is 0. The second-order valence-electron chi connectivity index (χ2n) is 4.30. The number of non-ortho nitro benzene ring substituents is 1. The van der Waals surface area contributed by atoms with Crippen molar-refractivity contribution in [3.63, 3.8) is 0 Å². The summed E-state index contributed by atoms with van der Waals surface area (Å²) in [4.78, 5) is 57.5. The van der Waals surface area contributed by atoms with Crippen LogP contribution in [0.1, 0.15) is 10.5 Å². The third-order valence-electron chi connectivity index (χ3n) is 2.81. The van der Waals surface area contributed by atoms with Gasteiger partial charge in [-0.25, -0.2) is 9.59 Å². The molecule has 0 radical (unpaired) electrons. The maximum absolute atomic E-state index is 11.7. The van der Waals surface area contributed by atoms with E-state index in [1.165, 1.54) is 0 Å². The Balaban J connectivity index is 2.63. The number of anilines is 2. The van der Waals surface area contributed by atoms with Crippen molar-refractivity contribution < 1.29 is 19.7 Å². The van der Waals surface area contributed by atoms with Crippen molar-refractivity contribution in [2.24, 2.45) is 0 Å². The number of aromatic nitrogens is 2. The zero-order chi connectivity index (χ0) is 18.0. The fourth-order valence-electron chi connectivity index (χ4n) is 1.79. The molecule has 1 heterocycles. The Morgan fingerprint density at radius 2 is 1.79 bits per heavy atom. The van der Waals surface area contributed by atoms with Crippen LogP contribution >= 0.6 is 0 Å². The summed E-state index contributed by atoms with van der Waals surface area (Å²) in [6, 6.07) is 2.50. The van der Waals surface area contributed by atoms with E-state index in [0.717, 1.165) is 12.1 Å². The first-order valence-electron chi connectivity index (χ1n) is 6.00. The van der Waals surface area contributed by atoms with Crippen LogP contribution in [0.2, 0.25) is 0 Å². The Morgan fingerprint density at radius 3 is 2.33 bits per heavy atom. The van der Waals surface area contributed by atoms with Gasteiger partial charge in [-0.2, -0.15) is 0 Å². The molecule has 0 aliphatic rings. The molecule has 124 valence electrons. The van der Waals surface area contributed by atoms with Crippen molar-refractivity contribution in [3.8, 4) is 0 Å². The Bertz CT molecular complexity index is 975. The topological polar surface area (TPSA) is 201 Å². The van der Waals surface area contributed by atoms with E-state index in [9.17, 15) is 34.6 Å². The zero-order valence-electron chi connectivity index (χ0n) is 11.4. The van der Waals surface area contributed by atoms with Crippen molar-refractivity contribution >= 4 is 28.7 Å². The number of carbonyl (C=O) groups is 1. The number of rotatable bonds is 5. The van der Waals surface area contributed by atoms with Crippen LogP contribution < -0.4 is 16.6 Å². The maximum Gasteiger partial charge on any atom is 0.354 e. The van der Waals surface area contributed by atoms with Gasteiger partial charge in [-0.15, -0.1) is 0 Å². The second kappa shape index (κ2) is 5.99. The van der Waals surface area contributed by atoms with Gasteiger partial charge < -0.3 is 10.4 Å². The summed E-state index contributed by atoms with van der Waals surface area (Å²) in [5.41, 5.74) is -5.40. The number of H-pyrrole nitrogens is 2. The highest BCUT2D eigenvalue weighted by molar-refractivity contribution is 5.93. The molecule has 0 saturated carbocycles. The highest BCUT2D eigenvalue weighted by Crippen LogP contribution is 2.30. The van der Waals surface area contributed by atoms with Gasteiger partial charge in [0.25, 0.3) is 16.9 Å². The number of aromatic amines is 2. The molecule has 0 spiro atoms. The zero-order valence-corrected chi connectivity index (χ0v) is 11.4. The molecule has 0 aliphatic carbocycles. The molecule has 4 N–H and O–H groups in total. The summed E-state index contributed by atoms with van der Waals surface area (Å²) >= 11 is 0. The molecule has 0 unspecified atom stereocenters. The second-order valence-corrected chi connectivity index (χ2v) is 4.30. The third-order valence-corrected chi connectivity index (χ3v) is 2.81. The van der Waals surface area contributed by atoms with E-state index < -0.39 is 49.8 Å². The van der Waals surface area contributed by atoms with Gasteiger partial charge in [-0.3, -0.25) is 35.0 Å². The minimum Gasteiger partial charge on any atom is -0.477 e. The van der Waals surface area contributed by atoms with Gasteiger partial charge in [0.2, 0.25) is 0 Å². The van der Waals surface area contributed by atoms with Crippen molar-refractivity contribution in [1.29, 1.82) is 0 Å². The van der Waals surface area contributed by atoms with Crippen LogP contribution in [0.25, 0.3) is 0 Å². The highest BCUT2D eigenvalue weighted by Gasteiger charge is 2.23. The first-order valence-corrected chi connectivity index (χ1v) is 6.00. The van der Waals surface area contributed by atoms with Gasteiger partial charge in [0.1, 0.15) is 11.4 Å². The van der Waals surface area contributed by atoms with Gasteiger partial charge in [0, 0.05) is 6.07 Å². The summed E-state index contributed by atoms with van der Waals surface area (Å²) in [5.74, 6) is -1.66. The standard InChI is InChI=1S/C11H7N5O8/c17-9-7(8(10(18)19)13-11(20)14-9)12-5-2-1-4(15(21)22)3-6(5)16(23)24/h1-3,12H,(H,18,19)(H2,13,14,17,20). The molecule has 1 aromatic carbocycles. The average Bonchev–Trinajstić information content (AvgIpc) is 2.49. The Hall–Kier alpha value is -4.03. The fraction of sp³-hybridized carbons (Fsp3) is 0. The Labute approximate surface area is 129 Å². The molecule has 24 heavy (non-hydrogen) atoms. The van der Waals surface area contributed by atoms with Crippen LogP contribution in [0.15, 0.2) is 27.8 Å². The molecule has 1 aromatic heterocycles. The first kappa shape index (κ1) is 16.3. The van der Waals surface area contributed by atoms with E-state index in [-0.39, 0.29) is 5.69 Å². The van der Waals surface area contributed by atoms with Gasteiger partial charge in [-0.1, -0.05) is 0 Å². The molecule has 2 rings (SSSR count). The predicted octanol–water partition coefficient (Wildman–Crippen LogP) is 0.321. The van der Waals surface area contributed by atoms with Crippen LogP contribution in [0, 0.1) is 20.2 Å². The van der Waals surface area contributed by atoms with Crippen LogP contribution in [0.3, 0.4) is 0 Å². The van der Waals surface area contributed by atoms with Gasteiger partial charge in [-0.05, 0) is 6.07 Å². The van der Waals surface area contributed by atoms with Crippen LogP contribution in [-0.4, -0.2) is 30.9 Å². The average molecular weight is 337 g/mol. The van der Waals surface area contributed by atoms with Crippen LogP contribution in [-0.2, 0) is 0 Å². The molecule has 2 aromatic rings. The highest BCUT2D eigenvalue weighted by atomic mass is 16.6. The number of aromatic carboxylic acids is 1. The number of benzene rings is 1.